The van der Waals surface area contributed by atoms with Gasteiger partial charge in [-0.25, -0.2) is 24.6 Å². The van der Waals surface area contributed by atoms with Crippen molar-refractivity contribution in [3.05, 3.63) is 177 Å². The van der Waals surface area contributed by atoms with Crippen molar-refractivity contribution in [2.75, 3.05) is 0 Å². The van der Waals surface area contributed by atoms with Gasteiger partial charge in [0.2, 0.25) is 0 Å². The topological polar surface area (TPSA) is 0 Å². The van der Waals surface area contributed by atoms with Gasteiger partial charge in [-0.3, -0.25) is 0 Å². The Balaban J connectivity index is 0.000000218. The third-order valence-electron chi connectivity index (χ3n) is 10.7. The molecule has 0 fully saturated rings. The number of fused-ring (bicyclic) bond motifs is 5. The number of hydrogen-bond donors (Lipinski definition) is 0. The fourth-order valence-corrected chi connectivity index (χ4v) is 8.13. The predicted molar refractivity (Wildman–Crippen MR) is 205 cm³/mol. The van der Waals surface area contributed by atoms with Crippen LogP contribution in [0.5, 0.6) is 0 Å². The van der Waals surface area contributed by atoms with Gasteiger partial charge in [-0.1, -0.05) is 62.9 Å². The molecule has 0 spiro atoms. The van der Waals surface area contributed by atoms with Crippen molar-refractivity contribution in [3.8, 4) is 11.1 Å². The van der Waals surface area contributed by atoms with Crippen LogP contribution in [0.1, 0.15) is 104 Å². The van der Waals surface area contributed by atoms with Gasteiger partial charge in [0.05, 0.1) is 0 Å². The Labute approximate surface area is 353 Å². The van der Waals surface area contributed by atoms with Gasteiger partial charge in [0.15, 0.2) is 0 Å². The van der Waals surface area contributed by atoms with E-state index in [2.05, 4.69) is 84.4 Å². The molecule has 3 aliphatic rings. The number of rotatable bonds is 2. The number of alkyl halides is 6. The van der Waals surface area contributed by atoms with Crippen LogP contribution in [0, 0.1) is 6.42 Å². The van der Waals surface area contributed by atoms with Crippen LogP contribution in [0.3, 0.4) is 0 Å². The van der Waals surface area contributed by atoms with Crippen LogP contribution < -0.4 is 24.8 Å². The van der Waals surface area contributed by atoms with Gasteiger partial charge in [-0.15, -0.1) is 12.5 Å². The summed E-state index contributed by atoms with van der Waals surface area (Å²) in [6.07, 6.45) is 0.468. The van der Waals surface area contributed by atoms with Crippen molar-refractivity contribution in [1.82, 2.24) is 0 Å². The zero-order chi connectivity index (χ0) is 39.2. The van der Waals surface area contributed by atoms with Crippen LogP contribution in [0.4, 0.5) is 26.3 Å². The van der Waals surface area contributed by atoms with Crippen LogP contribution >= 0.6 is 0 Å². The van der Waals surface area contributed by atoms with Crippen molar-refractivity contribution in [2.24, 2.45) is 0 Å². The smallest absolute Gasteiger partial charge is 0.172 e. The Kier molecular flexibility index (Phi) is 13.8. The summed E-state index contributed by atoms with van der Waals surface area (Å²) in [7, 11) is 0. The van der Waals surface area contributed by atoms with Crippen LogP contribution in [0.2, 0.25) is 0 Å². The molecule has 0 aromatic heterocycles. The Morgan fingerprint density at radius 3 is 1.50 bits per heavy atom. The second-order valence-corrected chi connectivity index (χ2v) is 16.7. The minimum absolute atomic E-state index is 0. The molecular formula is C47H42Cl2F6Zr-2. The van der Waals surface area contributed by atoms with Gasteiger partial charge in [0.25, 0.3) is 0 Å². The van der Waals surface area contributed by atoms with E-state index < -0.39 is 23.5 Å². The zero-order valence-electron chi connectivity index (χ0n) is 32.0. The van der Waals surface area contributed by atoms with E-state index in [9.17, 15) is 26.3 Å². The van der Waals surface area contributed by atoms with Crippen LogP contribution in [0.25, 0.3) is 22.3 Å². The van der Waals surface area contributed by atoms with E-state index in [-0.39, 0.29) is 35.6 Å². The Hall–Kier alpha value is -3.51. The summed E-state index contributed by atoms with van der Waals surface area (Å²) in [4.78, 5) is 0. The summed E-state index contributed by atoms with van der Waals surface area (Å²) in [5, 5.41) is 0. The summed E-state index contributed by atoms with van der Waals surface area (Å²) in [5.74, 6) is 0. The first-order chi connectivity index (χ1) is 25.3. The van der Waals surface area contributed by atoms with Gasteiger partial charge in [0.1, 0.15) is 0 Å². The molecule has 0 heterocycles. The molecule has 8 rings (SSSR count). The zero-order valence-corrected chi connectivity index (χ0v) is 36.0. The molecule has 56 heavy (non-hydrogen) atoms. The second-order valence-electron chi connectivity index (χ2n) is 15.5. The molecule has 5 aromatic carbocycles. The first-order valence-corrected chi connectivity index (χ1v) is 19.1. The molecule has 0 saturated carbocycles. The summed E-state index contributed by atoms with van der Waals surface area (Å²) >= 11 is 0.898. The number of allylic oxidation sites excluding steroid dienone is 4. The minimum atomic E-state index is -4.41. The van der Waals surface area contributed by atoms with Gasteiger partial charge in [0, 0.05) is 0 Å². The van der Waals surface area contributed by atoms with Crippen molar-refractivity contribution in [2.45, 2.75) is 77.6 Å². The van der Waals surface area contributed by atoms with E-state index in [4.69, 9.17) is 0 Å². The Bertz CT molecular complexity index is 2070. The van der Waals surface area contributed by atoms with E-state index in [0.717, 1.165) is 61.3 Å². The van der Waals surface area contributed by atoms with Crippen molar-refractivity contribution in [1.29, 1.82) is 0 Å². The maximum absolute atomic E-state index is 12.5. The molecule has 292 valence electrons. The summed E-state index contributed by atoms with van der Waals surface area (Å²) in [5.41, 5.74) is 14.6. The maximum atomic E-state index is 12.5. The summed E-state index contributed by atoms with van der Waals surface area (Å²) < 4.78 is 75.6. The Morgan fingerprint density at radius 2 is 1.07 bits per heavy atom. The number of benzene rings is 4. The van der Waals surface area contributed by atoms with Crippen LogP contribution in [-0.2, 0) is 53.8 Å². The largest absolute Gasteiger partial charge is 1.00 e. The molecule has 3 aliphatic carbocycles. The van der Waals surface area contributed by atoms with Gasteiger partial charge < -0.3 is 24.8 Å². The molecule has 9 heteroatoms. The standard InChI is InChI=1S/C27H29.C15H8F6.C5H5.2ClH.Zr/c1-16-7-9-26(3,4)24-12-18-11-19-13-25-21(17(2)8-10-27(25,5)6)15-23(19)22(18)14-20(16)24;16-14(17,18)12-5-1-10(2-6-12)9-11-3-7-13(8-4-11)15(19,20)21;1-2-4-5-3-1;;;/h7-9,12-15H,10-11H2,1-6H3;1-8H;1-5H;2*1H;/q-1;;-1;;;+2/p-2. The van der Waals surface area contributed by atoms with Gasteiger partial charge in [-0.2, -0.15) is 23.8 Å². The summed E-state index contributed by atoms with van der Waals surface area (Å²) in [6.45, 7) is 13.9. The molecule has 0 unspecified atom stereocenters. The Morgan fingerprint density at radius 1 is 0.625 bits per heavy atom. The molecule has 0 atom stereocenters. The number of hydrogen-bond acceptors (Lipinski definition) is 0. The second kappa shape index (κ2) is 17.2. The normalized spacial score (nSPS) is 15.5. The van der Waals surface area contributed by atoms with Gasteiger partial charge in [-0.05, 0) is 70.2 Å². The third kappa shape index (κ3) is 9.60. The maximum Gasteiger partial charge on any atom is -0.172 e. The molecule has 0 nitrogen and oxygen atoms in total. The monoisotopic (exact) mass is 880 g/mol. The van der Waals surface area contributed by atoms with Crippen LogP contribution in [-0.4, -0.2) is 3.21 Å². The molecule has 0 bridgehead atoms. The average Bonchev–Trinajstić information content (AvgIpc) is 3.82. The predicted octanol–water partition coefficient (Wildman–Crippen LogP) is 7.49. The quantitative estimate of drug-likeness (QED) is 0.125. The molecular weight excluding hydrogens is 841 g/mol. The summed E-state index contributed by atoms with van der Waals surface area (Å²) in [6, 6.07) is 29.1. The fourth-order valence-electron chi connectivity index (χ4n) is 7.31. The first kappa shape index (κ1) is 45.2. The van der Waals surface area contributed by atoms with Crippen molar-refractivity contribution < 1.29 is 75.4 Å². The average molecular weight is 883 g/mol. The third-order valence-corrected chi connectivity index (χ3v) is 12.1. The minimum Gasteiger partial charge on any atom is -1.00 e. The molecule has 0 saturated heterocycles. The van der Waals surface area contributed by atoms with Gasteiger partial charge >= 0.3 is 137 Å². The molecule has 0 amide bonds. The van der Waals surface area contributed by atoms with E-state index in [1.165, 1.54) is 79.9 Å². The van der Waals surface area contributed by atoms with E-state index in [1.54, 1.807) is 0 Å². The number of halogens is 8. The first-order valence-electron chi connectivity index (χ1n) is 17.9. The SMILES string of the molecule is CC1=C[CH-]C(C)(C)c2cc3c(cc21)-c1cc2c(cc1C3)C(C)(C)CC=C2C.FC(F)(F)c1ccc([C](=[Zr+2])c2ccc(C(F)(F)F)cc2)cc1.[Cl-].[Cl-].c1cc[cH-]c1. The van der Waals surface area contributed by atoms with E-state index >= 15 is 0 Å². The van der Waals surface area contributed by atoms with E-state index in [1.807, 2.05) is 30.3 Å². The molecule has 0 N–H and O–H groups in total. The van der Waals surface area contributed by atoms with Crippen LogP contribution in [0.15, 0.2) is 115 Å². The van der Waals surface area contributed by atoms with E-state index in [0.29, 0.717) is 14.3 Å². The molecule has 5 aromatic rings. The fraction of sp³-hybridized carbons (Fsp3) is 0.255. The van der Waals surface area contributed by atoms with Crippen molar-refractivity contribution in [3.63, 3.8) is 0 Å². The molecule has 0 radical (unpaired) electrons. The molecule has 0 aliphatic heterocycles. The van der Waals surface area contributed by atoms with Crippen molar-refractivity contribution >= 4 is 14.4 Å².